The van der Waals surface area contributed by atoms with Crippen LogP contribution in [-0.4, -0.2) is 24.5 Å². The molecule has 3 nitrogen and oxygen atoms in total. The first kappa shape index (κ1) is 18.0. The van der Waals surface area contributed by atoms with Crippen molar-refractivity contribution in [2.75, 3.05) is 6.54 Å². The average molecular weight is 311 g/mol. The molecule has 1 aliphatic heterocycles. The van der Waals surface area contributed by atoms with Gasteiger partial charge in [-0.1, -0.05) is 24.3 Å². The number of rotatable bonds is 3. The third-order valence-corrected chi connectivity index (χ3v) is 4.46. The Kier molecular flexibility index (Phi) is 6.24. The van der Waals surface area contributed by atoms with Gasteiger partial charge in [0.1, 0.15) is 0 Å². The molecule has 1 amide bonds. The number of hydrogen-bond donors (Lipinski definition) is 2. The zero-order valence-electron chi connectivity index (χ0n) is 13.4. The smallest absolute Gasteiger partial charge is 0.230 e. The molecule has 2 unspecified atom stereocenters. The van der Waals surface area contributed by atoms with Gasteiger partial charge in [0.2, 0.25) is 5.91 Å². The van der Waals surface area contributed by atoms with Crippen LogP contribution in [0.25, 0.3) is 0 Å². The minimum atomic E-state index is -0.498. The van der Waals surface area contributed by atoms with Crippen LogP contribution in [0, 0.1) is 6.92 Å². The predicted octanol–water partition coefficient (Wildman–Crippen LogP) is 2.95. The summed E-state index contributed by atoms with van der Waals surface area (Å²) in [6, 6.07) is 8.72. The van der Waals surface area contributed by atoms with E-state index >= 15 is 0 Å². The van der Waals surface area contributed by atoms with Gasteiger partial charge in [0.05, 0.1) is 5.41 Å². The Morgan fingerprint density at radius 2 is 2.00 bits per heavy atom. The van der Waals surface area contributed by atoms with Crippen LogP contribution >= 0.6 is 12.4 Å². The first-order chi connectivity index (χ1) is 9.43. The van der Waals surface area contributed by atoms with Gasteiger partial charge in [0.15, 0.2) is 0 Å². The molecule has 2 N–H and O–H groups in total. The highest BCUT2D eigenvalue weighted by atomic mass is 35.5. The Bertz CT molecular complexity index is 487. The lowest BCUT2D eigenvalue weighted by atomic mass is 9.80. The number of amides is 1. The molecule has 21 heavy (non-hydrogen) atoms. The number of carbonyl (C=O) groups is 1. The molecular formula is C17H27ClN2O. The van der Waals surface area contributed by atoms with Crippen molar-refractivity contribution in [3.05, 3.63) is 35.4 Å². The molecule has 1 aromatic carbocycles. The molecule has 1 aliphatic rings. The second-order valence-electron chi connectivity index (χ2n) is 6.40. The van der Waals surface area contributed by atoms with E-state index in [0.717, 1.165) is 24.9 Å². The molecule has 0 spiro atoms. The van der Waals surface area contributed by atoms with Gasteiger partial charge in [-0.3, -0.25) is 4.79 Å². The second kappa shape index (κ2) is 7.28. The predicted molar refractivity (Wildman–Crippen MR) is 90.1 cm³/mol. The van der Waals surface area contributed by atoms with Gasteiger partial charge in [-0.2, -0.15) is 0 Å². The Morgan fingerprint density at radius 3 is 2.62 bits per heavy atom. The summed E-state index contributed by atoms with van der Waals surface area (Å²) in [6.07, 6.45) is 2.18. The number of nitrogens with one attached hydrogen (secondary N) is 2. The number of carbonyl (C=O) groups excluding carboxylic acids is 1. The van der Waals surface area contributed by atoms with E-state index in [1.807, 2.05) is 26.0 Å². The monoisotopic (exact) mass is 310 g/mol. The molecule has 1 saturated heterocycles. The van der Waals surface area contributed by atoms with Gasteiger partial charge >= 0.3 is 0 Å². The SMILES string of the molecule is Cc1ccccc1C(C)(C)C(=O)NC1CCCNC1C.Cl. The van der Waals surface area contributed by atoms with E-state index in [-0.39, 0.29) is 24.4 Å². The minimum absolute atomic E-state index is 0. The summed E-state index contributed by atoms with van der Waals surface area (Å²) in [5, 5.41) is 6.66. The molecule has 1 heterocycles. The van der Waals surface area contributed by atoms with Crippen LogP contribution in [0.2, 0.25) is 0 Å². The van der Waals surface area contributed by atoms with E-state index in [2.05, 4.69) is 36.6 Å². The maximum Gasteiger partial charge on any atom is 0.230 e. The molecular weight excluding hydrogens is 284 g/mol. The second-order valence-corrected chi connectivity index (χ2v) is 6.40. The van der Waals surface area contributed by atoms with Gasteiger partial charge < -0.3 is 10.6 Å². The fourth-order valence-corrected chi connectivity index (χ4v) is 2.99. The van der Waals surface area contributed by atoms with Crippen molar-refractivity contribution in [1.82, 2.24) is 10.6 Å². The van der Waals surface area contributed by atoms with Crippen LogP contribution in [0.1, 0.15) is 44.7 Å². The normalized spacial score (nSPS) is 22.3. The third-order valence-electron chi connectivity index (χ3n) is 4.46. The van der Waals surface area contributed by atoms with Gasteiger partial charge in [-0.25, -0.2) is 0 Å². The Balaban J connectivity index is 0.00000220. The molecule has 0 radical (unpaired) electrons. The van der Waals surface area contributed by atoms with E-state index in [1.54, 1.807) is 0 Å². The number of halogens is 1. The zero-order valence-corrected chi connectivity index (χ0v) is 14.2. The maximum atomic E-state index is 12.7. The van der Waals surface area contributed by atoms with Crippen LogP contribution in [0.3, 0.4) is 0 Å². The van der Waals surface area contributed by atoms with Crippen molar-refractivity contribution in [2.24, 2.45) is 0 Å². The van der Waals surface area contributed by atoms with Crippen LogP contribution in [0.5, 0.6) is 0 Å². The summed E-state index contributed by atoms with van der Waals surface area (Å²) in [6.45, 7) is 9.27. The van der Waals surface area contributed by atoms with Gasteiger partial charge in [0, 0.05) is 12.1 Å². The fourth-order valence-electron chi connectivity index (χ4n) is 2.99. The number of hydrogen-bond acceptors (Lipinski definition) is 2. The van der Waals surface area contributed by atoms with Crippen LogP contribution < -0.4 is 10.6 Å². The summed E-state index contributed by atoms with van der Waals surface area (Å²) in [7, 11) is 0. The number of piperidine rings is 1. The fraction of sp³-hybridized carbons (Fsp3) is 0.588. The summed E-state index contributed by atoms with van der Waals surface area (Å²) in [4.78, 5) is 12.7. The third kappa shape index (κ3) is 3.98. The highest BCUT2D eigenvalue weighted by Gasteiger charge is 2.33. The maximum absolute atomic E-state index is 12.7. The van der Waals surface area contributed by atoms with Crippen LogP contribution in [-0.2, 0) is 10.2 Å². The minimum Gasteiger partial charge on any atom is -0.351 e. The van der Waals surface area contributed by atoms with E-state index in [4.69, 9.17) is 0 Å². The van der Waals surface area contributed by atoms with E-state index in [1.165, 1.54) is 5.56 Å². The average Bonchev–Trinajstić information content (AvgIpc) is 2.41. The van der Waals surface area contributed by atoms with Crippen molar-refractivity contribution in [3.8, 4) is 0 Å². The zero-order chi connectivity index (χ0) is 14.8. The lowest BCUT2D eigenvalue weighted by Crippen LogP contribution is -2.55. The lowest BCUT2D eigenvalue weighted by molar-refractivity contribution is -0.126. The van der Waals surface area contributed by atoms with Crippen LogP contribution in [0.4, 0.5) is 0 Å². The summed E-state index contributed by atoms with van der Waals surface area (Å²) in [5.74, 6) is 0.118. The number of benzene rings is 1. The first-order valence-corrected chi connectivity index (χ1v) is 7.53. The van der Waals surface area contributed by atoms with E-state index in [0.29, 0.717) is 6.04 Å². The molecule has 0 saturated carbocycles. The van der Waals surface area contributed by atoms with E-state index < -0.39 is 5.41 Å². The summed E-state index contributed by atoms with van der Waals surface area (Å²) >= 11 is 0. The molecule has 4 heteroatoms. The van der Waals surface area contributed by atoms with Crippen molar-refractivity contribution in [3.63, 3.8) is 0 Å². The highest BCUT2D eigenvalue weighted by molar-refractivity contribution is 5.88. The quantitative estimate of drug-likeness (QED) is 0.901. The van der Waals surface area contributed by atoms with Gasteiger partial charge in [-0.05, 0) is 58.2 Å². The van der Waals surface area contributed by atoms with Gasteiger partial charge in [0.25, 0.3) is 0 Å². The summed E-state index contributed by atoms with van der Waals surface area (Å²) in [5.41, 5.74) is 1.78. The molecule has 118 valence electrons. The molecule has 0 bridgehead atoms. The van der Waals surface area contributed by atoms with E-state index in [9.17, 15) is 4.79 Å². The standard InChI is InChI=1S/C17H26N2O.ClH/c1-12-8-5-6-9-14(12)17(3,4)16(20)19-15-10-7-11-18-13(15)2;/h5-6,8-9,13,15,18H,7,10-11H2,1-4H3,(H,19,20);1H. The number of aryl methyl sites for hydroxylation is 1. The highest BCUT2D eigenvalue weighted by Crippen LogP contribution is 2.27. The van der Waals surface area contributed by atoms with Crippen LogP contribution in [0.15, 0.2) is 24.3 Å². The van der Waals surface area contributed by atoms with Crippen molar-refractivity contribution >= 4 is 18.3 Å². The molecule has 0 aromatic heterocycles. The Labute approximate surface area is 134 Å². The Hall–Kier alpha value is -1.06. The molecule has 1 aromatic rings. The topological polar surface area (TPSA) is 41.1 Å². The first-order valence-electron chi connectivity index (χ1n) is 7.53. The lowest BCUT2D eigenvalue weighted by Gasteiger charge is -2.34. The van der Waals surface area contributed by atoms with Crippen molar-refractivity contribution < 1.29 is 4.79 Å². The molecule has 2 rings (SSSR count). The molecule has 0 aliphatic carbocycles. The molecule has 1 fully saturated rings. The molecule has 2 atom stereocenters. The summed E-state index contributed by atoms with van der Waals surface area (Å²) < 4.78 is 0. The van der Waals surface area contributed by atoms with Crippen molar-refractivity contribution in [1.29, 1.82) is 0 Å². The largest absolute Gasteiger partial charge is 0.351 e. The van der Waals surface area contributed by atoms with Gasteiger partial charge in [-0.15, -0.1) is 12.4 Å². The van der Waals surface area contributed by atoms with Crippen molar-refractivity contribution in [2.45, 2.75) is 58.0 Å². The Morgan fingerprint density at radius 1 is 1.33 bits per heavy atom.